The molecule has 0 aliphatic rings. The highest BCUT2D eigenvalue weighted by molar-refractivity contribution is 7.13. The fourth-order valence-electron chi connectivity index (χ4n) is 0.959. The maximum Gasteiger partial charge on any atom is 0.150 e. The van der Waals surface area contributed by atoms with E-state index in [2.05, 4.69) is 17.2 Å². The molecule has 0 spiro atoms. The monoisotopic (exact) mass is 163 g/mol. The van der Waals surface area contributed by atoms with Crippen LogP contribution in [-0.4, -0.2) is 9.55 Å². The van der Waals surface area contributed by atoms with E-state index in [0.717, 1.165) is 5.82 Å². The molecule has 2 nitrogen and oxygen atoms in total. The van der Waals surface area contributed by atoms with Crippen molar-refractivity contribution < 1.29 is 0 Å². The van der Waals surface area contributed by atoms with Gasteiger partial charge in [0.2, 0.25) is 0 Å². The Bertz CT molecular complexity index is 335. The summed E-state index contributed by atoms with van der Waals surface area (Å²) in [7, 11) is 1.95. The maximum atomic E-state index is 4.18. The molecule has 0 saturated heterocycles. The van der Waals surface area contributed by atoms with Crippen LogP contribution in [0.25, 0.3) is 10.7 Å². The van der Waals surface area contributed by atoms with Gasteiger partial charge in [-0.2, -0.15) is 0 Å². The van der Waals surface area contributed by atoms with Gasteiger partial charge in [-0.15, -0.1) is 11.3 Å². The minimum atomic E-state index is 0.986. The predicted molar refractivity (Wildman–Crippen MR) is 45.4 cm³/mol. The molecular weight excluding hydrogens is 156 g/mol. The molecule has 2 heterocycles. The molecule has 1 radical (unpaired) electrons. The van der Waals surface area contributed by atoms with E-state index in [1.54, 1.807) is 17.5 Å². The highest BCUT2D eigenvalue weighted by Crippen LogP contribution is 2.21. The molecule has 0 N–H and O–H groups in total. The summed E-state index contributed by atoms with van der Waals surface area (Å²) in [5, 5.41) is 2.05. The Morgan fingerprint density at radius 2 is 2.55 bits per heavy atom. The Balaban J connectivity index is 2.53. The standard InChI is InChI=1S/C8H7N2S/c1-10-5-4-9-8(10)7-3-2-6-11-7/h2-4,6H,1H3. The van der Waals surface area contributed by atoms with E-state index in [4.69, 9.17) is 0 Å². The molecule has 11 heavy (non-hydrogen) atoms. The van der Waals surface area contributed by atoms with Gasteiger partial charge in [0.1, 0.15) is 5.82 Å². The van der Waals surface area contributed by atoms with Crippen LogP contribution in [0.15, 0.2) is 23.7 Å². The first kappa shape index (κ1) is 6.61. The van der Waals surface area contributed by atoms with Crippen LogP contribution in [0.1, 0.15) is 0 Å². The van der Waals surface area contributed by atoms with Gasteiger partial charge >= 0.3 is 0 Å². The van der Waals surface area contributed by atoms with E-state index in [-0.39, 0.29) is 0 Å². The molecule has 0 bridgehead atoms. The van der Waals surface area contributed by atoms with Gasteiger partial charge in [0, 0.05) is 7.05 Å². The van der Waals surface area contributed by atoms with Crippen molar-refractivity contribution in [2.45, 2.75) is 0 Å². The SMILES string of the molecule is Cn1[c]cnc1-c1cccs1. The third kappa shape index (κ3) is 1.07. The molecule has 2 aromatic heterocycles. The second kappa shape index (κ2) is 2.51. The zero-order chi connectivity index (χ0) is 7.68. The molecular formula is C8H7N2S. The van der Waals surface area contributed by atoms with Gasteiger partial charge < -0.3 is 4.57 Å². The summed E-state index contributed by atoms with van der Waals surface area (Å²) in [5.74, 6) is 0.986. The predicted octanol–water partition coefficient (Wildman–Crippen LogP) is 1.95. The average Bonchev–Trinajstić information content (AvgIpc) is 2.55. The molecule has 2 rings (SSSR count). The Morgan fingerprint density at radius 1 is 1.64 bits per heavy atom. The lowest BCUT2D eigenvalue weighted by Gasteiger charge is -1.94. The zero-order valence-electron chi connectivity index (χ0n) is 6.11. The lowest BCUT2D eigenvalue weighted by Crippen LogP contribution is -1.88. The lowest BCUT2D eigenvalue weighted by atomic mass is 10.4. The summed E-state index contributed by atoms with van der Waals surface area (Å²) in [6, 6.07) is 4.08. The zero-order valence-corrected chi connectivity index (χ0v) is 6.93. The molecule has 3 heteroatoms. The highest BCUT2D eigenvalue weighted by Gasteiger charge is 2.02. The minimum Gasteiger partial charge on any atom is -0.325 e. The number of aryl methyl sites for hydroxylation is 1. The molecule has 0 amide bonds. The summed E-state index contributed by atoms with van der Waals surface area (Å²) < 4.78 is 1.89. The van der Waals surface area contributed by atoms with Crippen LogP contribution in [0.2, 0.25) is 0 Å². The summed E-state index contributed by atoms with van der Waals surface area (Å²) >= 11 is 1.69. The van der Waals surface area contributed by atoms with Crippen LogP contribution < -0.4 is 0 Å². The quantitative estimate of drug-likeness (QED) is 0.628. The van der Waals surface area contributed by atoms with Crippen LogP contribution in [0, 0.1) is 6.20 Å². The van der Waals surface area contributed by atoms with Crippen molar-refractivity contribution in [1.82, 2.24) is 9.55 Å². The Kier molecular flexibility index (Phi) is 1.51. The second-order valence-electron chi connectivity index (χ2n) is 2.25. The van der Waals surface area contributed by atoms with Crippen molar-refractivity contribution in [2.24, 2.45) is 7.05 Å². The first-order chi connectivity index (χ1) is 5.38. The third-order valence-corrected chi connectivity index (χ3v) is 2.36. The van der Waals surface area contributed by atoms with Gasteiger partial charge in [0.15, 0.2) is 0 Å². The average molecular weight is 163 g/mol. The van der Waals surface area contributed by atoms with E-state index < -0.39 is 0 Å². The molecule has 0 unspecified atom stereocenters. The van der Waals surface area contributed by atoms with E-state index in [1.807, 2.05) is 23.1 Å². The number of hydrogen-bond acceptors (Lipinski definition) is 2. The number of imidazole rings is 1. The number of rotatable bonds is 1. The molecule has 0 aromatic carbocycles. The summed E-state index contributed by atoms with van der Waals surface area (Å²) in [5.41, 5.74) is 0. The molecule has 0 saturated carbocycles. The normalized spacial score (nSPS) is 10.3. The molecule has 0 fully saturated rings. The maximum absolute atomic E-state index is 4.18. The van der Waals surface area contributed by atoms with E-state index in [1.165, 1.54) is 4.88 Å². The van der Waals surface area contributed by atoms with Crippen molar-refractivity contribution in [3.8, 4) is 10.7 Å². The first-order valence-corrected chi connectivity index (χ1v) is 4.19. The summed E-state index contributed by atoms with van der Waals surface area (Å²) in [6.07, 6.45) is 4.66. The number of hydrogen-bond donors (Lipinski definition) is 0. The van der Waals surface area contributed by atoms with Crippen molar-refractivity contribution in [1.29, 1.82) is 0 Å². The summed E-state index contributed by atoms with van der Waals surface area (Å²) in [6.45, 7) is 0. The van der Waals surface area contributed by atoms with Gasteiger partial charge in [-0.05, 0) is 11.4 Å². The van der Waals surface area contributed by atoms with Crippen molar-refractivity contribution in [2.75, 3.05) is 0 Å². The van der Waals surface area contributed by atoms with Gasteiger partial charge in [-0.3, -0.25) is 0 Å². The second-order valence-corrected chi connectivity index (χ2v) is 3.19. The Labute approximate surface area is 69.1 Å². The number of aromatic nitrogens is 2. The Hall–Kier alpha value is -1.09. The minimum absolute atomic E-state index is 0.986. The molecule has 0 aliphatic heterocycles. The Morgan fingerprint density at radius 3 is 3.09 bits per heavy atom. The lowest BCUT2D eigenvalue weighted by molar-refractivity contribution is 0.920. The van der Waals surface area contributed by atoms with Crippen molar-refractivity contribution in [3.63, 3.8) is 0 Å². The summed E-state index contributed by atoms with van der Waals surface area (Å²) in [4.78, 5) is 5.36. The van der Waals surface area contributed by atoms with Crippen molar-refractivity contribution in [3.05, 3.63) is 29.9 Å². The van der Waals surface area contributed by atoms with Crippen LogP contribution in [0.3, 0.4) is 0 Å². The van der Waals surface area contributed by atoms with Crippen LogP contribution >= 0.6 is 11.3 Å². The van der Waals surface area contributed by atoms with Crippen LogP contribution in [0.4, 0.5) is 0 Å². The van der Waals surface area contributed by atoms with Crippen molar-refractivity contribution >= 4 is 11.3 Å². The molecule has 55 valence electrons. The van der Waals surface area contributed by atoms with Gasteiger partial charge in [0.05, 0.1) is 17.3 Å². The number of nitrogens with zero attached hydrogens (tertiary/aromatic N) is 2. The smallest absolute Gasteiger partial charge is 0.150 e. The van der Waals surface area contributed by atoms with Crippen LogP contribution in [0.5, 0.6) is 0 Å². The largest absolute Gasteiger partial charge is 0.325 e. The fraction of sp³-hybridized carbons (Fsp3) is 0.125. The van der Waals surface area contributed by atoms with E-state index >= 15 is 0 Å². The topological polar surface area (TPSA) is 17.8 Å². The molecule has 0 aliphatic carbocycles. The fourth-order valence-corrected chi connectivity index (χ4v) is 1.71. The molecule has 2 aromatic rings. The van der Waals surface area contributed by atoms with Gasteiger partial charge in [-0.25, -0.2) is 4.98 Å². The van der Waals surface area contributed by atoms with Gasteiger partial charge in [0.25, 0.3) is 0 Å². The van der Waals surface area contributed by atoms with E-state index in [0.29, 0.717) is 0 Å². The van der Waals surface area contributed by atoms with Gasteiger partial charge in [-0.1, -0.05) is 6.07 Å². The van der Waals surface area contributed by atoms with Crippen LogP contribution in [-0.2, 0) is 7.05 Å². The first-order valence-electron chi connectivity index (χ1n) is 3.31. The van der Waals surface area contributed by atoms with E-state index in [9.17, 15) is 0 Å². The highest BCUT2D eigenvalue weighted by atomic mass is 32.1. The number of thiophene rings is 1. The molecule has 0 atom stereocenters. The third-order valence-electron chi connectivity index (χ3n) is 1.50.